The van der Waals surface area contributed by atoms with Gasteiger partial charge in [-0.25, -0.2) is 4.98 Å². The van der Waals surface area contributed by atoms with E-state index in [4.69, 9.17) is 11.5 Å². The summed E-state index contributed by atoms with van der Waals surface area (Å²) in [5.74, 6) is 0.149. The summed E-state index contributed by atoms with van der Waals surface area (Å²) >= 11 is 0. The first-order valence-electron chi connectivity index (χ1n) is 3.92. The van der Waals surface area contributed by atoms with E-state index in [2.05, 4.69) is 10.3 Å². The van der Waals surface area contributed by atoms with Crippen molar-refractivity contribution in [2.75, 3.05) is 17.6 Å². The molecule has 1 heterocycles. The van der Waals surface area contributed by atoms with Crippen LogP contribution in [0.4, 0.5) is 11.5 Å². The van der Waals surface area contributed by atoms with Gasteiger partial charge in [0.05, 0.1) is 11.9 Å². The number of carbonyl (C=O) groups is 1. The van der Waals surface area contributed by atoms with Gasteiger partial charge in [-0.1, -0.05) is 0 Å². The van der Waals surface area contributed by atoms with Gasteiger partial charge < -0.3 is 16.8 Å². The van der Waals surface area contributed by atoms with Crippen LogP contribution in [0, 0.1) is 0 Å². The van der Waals surface area contributed by atoms with E-state index in [9.17, 15) is 4.79 Å². The van der Waals surface area contributed by atoms with Gasteiger partial charge in [-0.3, -0.25) is 4.79 Å². The van der Waals surface area contributed by atoms with Gasteiger partial charge in [0.15, 0.2) is 0 Å². The molecule has 0 saturated heterocycles. The molecule has 5 heteroatoms. The molecule has 1 amide bonds. The smallest absolute Gasteiger partial charge is 0.219 e. The molecular weight excluding hydrogens is 168 g/mol. The van der Waals surface area contributed by atoms with Crippen molar-refractivity contribution in [3.05, 3.63) is 18.3 Å². The van der Waals surface area contributed by atoms with E-state index in [-0.39, 0.29) is 5.91 Å². The summed E-state index contributed by atoms with van der Waals surface area (Å²) in [6.07, 6.45) is 1.92. The Hall–Kier alpha value is -1.78. The maximum atomic E-state index is 10.4. The molecule has 13 heavy (non-hydrogen) atoms. The van der Waals surface area contributed by atoms with Crippen molar-refractivity contribution in [1.82, 2.24) is 4.98 Å². The van der Waals surface area contributed by atoms with Gasteiger partial charge in [-0.05, 0) is 12.1 Å². The highest BCUT2D eigenvalue weighted by Gasteiger charge is 1.94. The molecule has 1 aromatic heterocycles. The van der Waals surface area contributed by atoms with Crippen molar-refractivity contribution in [3.63, 3.8) is 0 Å². The van der Waals surface area contributed by atoms with Gasteiger partial charge >= 0.3 is 0 Å². The minimum atomic E-state index is -0.323. The minimum Gasteiger partial charge on any atom is -0.384 e. The van der Waals surface area contributed by atoms with Crippen LogP contribution < -0.4 is 16.8 Å². The van der Waals surface area contributed by atoms with Crippen LogP contribution >= 0.6 is 0 Å². The third-order valence-corrected chi connectivity index (χ3v) is 1.49. The maximum Gasteiger partial charge on any atom is 0.219 e. The number of nitrogens with two attached hydrogens (primary N) is 2. The van der Waals surface area contributed by atoms with Crippen LogP contribution in [0.15, 0.2) is 18.3 Å². The van der Waals surface area contributed by atoms with E-state index in [1.807, 2.05) is 0 Å². The van der Waals surface area contributed by atoms with E-state index in [0.29, 0.717) is 18.8 Å². The Kier molecular flexibility index (Phi) is 3.08. The van der Waals surface area contributed by atoms with E-state index in [1.165, 1.54) is 0 Å². The number of anilines is 2. The summed E-state index contributed by atoms with van der Waals surface area (Å²) < 4.78 is 0. The van der Waals surface area contributed by atoms with Crippen molar-refractivity contribution in [2.45, 2.75) is 6.42 Å². The first-order chi connectivity index (χ1) is 6.18. The Morgan fingerprint density at radius 1 is 1.54 bits per heavy atom. The maximum absolute atomic E-state index is 10.4. The van der Waals surface area contributed by atoms with Crippen molar-refractivity contribution in [3.8, 4) is 0 Å². The fourth-order valence-electron chi connectivity index (χ4n) is 0.840. The third kappa shape index (κ3) is 3.42. The molecule has 0 unspecified atom stereocenters. The lowest BCUT2D eigenvalue weighted by atomic mass is 10.3. The average molecular weight is 180 g/mol. The molecule has 70 valence electrons. The Balaban J connectivity index is 2.37. The van der Waals surface area contributed by atoms with Crippen molar-refractivity contribution >= 4 is 17.4 Å². The zero-order valence-electron chi connectivity index (χ0n) is 7.16. The summed E-state index contributed by atoms with van der Waals surface area (Å²) in [6.45, 7) is 0.515. The molecule has 0 bridgehead atoms. The first-order valence-corrected chi connectivity index (χ1v) is 3.92. The summed E-state index contributed by atoms with van der Waals surface area (Å²) in [7, 11) is 0. The summed E-state index contributed by atoms with van der Waals surface area (Å²) in [5.41, 5.74) is 11.2. The molecule has 5 N–H and O–H groups in total. The normalized spacial score (nSPS) is 9.54. The van der Waals surface area contributed by atoms with Crippen LogP contribution in [0.2, 0.25) is 0 Å². The lowest BCUT2D eigenvalue weighted by Gasteiger charge is -2.03. The number of carbonyl (C=O) groups excluding carboxylic acids is 1. The lowest BCUT2D eigenvalue weighted by Crippen LogP contribution is -2.15. The number of amides is 1. The fraction of sp³-hybridized carbons (Fsp3) is 0.250. The fourth-order valence-corrected chi connectivity index (χ4v) is 0.840. The number of aromatic nitrogens is 1. The molecule has 1 aromatic rings. The van der Waals surface area contributed by atoms with Gasteiger partial charge in [0, 0.05) is 13.0 Å². The second-order valence-corrected chi connectivity index (χ2v) is 2.61. The van der Waals surface area contributed by atoms with E-state index in [1.54, 1.807) is 18.3 Å². The Labute approximate surface area is 76.1 Å². The van der Waals surface area contributed by atoms with Crippen LogP contribution in [0.3, 0.4) is 0 Å². The number of nitrogens with zero attached hydrogens (tertiary/aromatic N) is 1. The number of hydrogen-bond donors (Lipinski definition) is 3. The van der Waals surface area contributed by atoms with Crippen LogP contribution in [0.1, 0.15) is 6.42 Å². The summed E-state index contributed by atoms with van der Waals surface area (Å²) in [4.78, 5) is 14.3. The Morgan fingerprint density at radius 3 is 2.85 bits per heavy atom. The highest BCUT2D eigenvalue weighted by molar-refractivity contribution is 5.74. The number of nitrogen functional groups attached to an aromatic ring is 1. The average Bonchev–Trinajstić information content (AvgIpc) is 2.08. The van der Waals surface area contributed by atoms with Gasteiger partial charge in [0.2, 0.25) is 5.91 Å². The predicted octanol–water partition coefficient (Wildman–Crippen LogP) is -0.0489. The molecule has 0 aliphatic carbocycles. The molecule has 0 spiro atoms. The van der Waals surface area contributed by atoms with Gasteiger partial charge in [-0.15, -0.1) is 0 Å². The molecule has 0 saturated carbocycles. The summed E-state index contributed by atoms with van der Waals surface area (Å²) in [5, 5.41) is 2.98. The van der Waals surface area contributed by atoms with Gasteiger partial charge in [0.25, 0.3) is 0 Å². The predicted molar refractivity (Wildman–Crippen MR) is 51.0 cm³/mol. The van der Waals surface area contributed by atoms with Crippen molar-refractivity contribution in [1.29, 1.82) is 0 Å². The Morgan fingerprint density at radius 2 is 2.31 bits per heavy atom. The van der Waals surface area contributed by atoms with Crippen LogP contribution in [-0.2, 0) is 4.79 Å². The molecule has 0 radical (unpaired) electrons. The minimum absolute atomic E-state index is 0.310. The standard InChI is InChI=1S/C8H12N4O/c9-7-2-1-6(5-12-7)11-4-3-8(10)13/h1-2,5,11H,3-4H2,(H2,9,12)(H2,10,13). The zero-order valence-corrected chi connectivity index (χ0v) is 7.16. The number of pyridine rings is 1. The highest BCUT2D eigenvalue weighted by Crippen LogP contribution is 2.06. The van der Waals surface area contributed by atoms with Crippen molar-refractivity contribution < 1.29 is 4.79 Å². The third-order valence-electron chi connectivity index (χ3n) is 1.49. The molecule has 0 atom stereocenters. The van der Waals surface area contributed by atoms with E-state index < -0.39 is 0 Å². The van der Waals surface area contributed by atoms with Crippen molar-refractivity contribution in [2.24, 2.45) is 5.73 Å². The molecule has 5 nitrogen and oxygen atoms in total. The largest absolute Gasteiger partial charge is 0.384 e. The van der Waals surface area contributed by atoms with E-state index in [0.717, 1.165) is 5.69 Å². The first kappa shape index (κ1) is 9.31. The SMILES string of the molecule is NC(=O)CCNc1ccc(N)nc1. The van der Waals surface area contributed by atoms with Gasteiger partial charge in [0.1, 0.15) is 5.82 Å². The second kappa shape index (κ2) is 4.30. The molecular formula is C8H12N4O. The zero-order chi connectivity index (χ0) is 9.68. The second-order valence-electron chi connectivity index (χ2n) is 2.61. The number of rotatable bonds is 4. The molecule has 0 aromatic carbocycles. The molecule has 0 aliphatic heterocycles. The number of hydrogen-bond acceptors (Lipinski definition) is 4. The summed E-state index contributed by atoms with van der Waals surface area (Å²) in [6, 6.07) is 3.48. The number of nitrogens with one attached hydrogen (secondary N) is 1. The monoisotopic (exact) mass is 180 g/mol. The van der Waals surface area contributed by atoms with Crippen LogP contribution in [-0.4, -0.2) is 17.4 Å². The highest BCUT2D eigenvalue weighted by atomic mass is 16.1. The van der Waals surface area contributed by atoms with Crippen LogP contribution in [0.25, 0.3) is 0 Å². The molecule has 0 aliphatic rings. The van der Waals surface area contributed by atoms with Crippen LogP contribution in [0.5, 0.6) is 0 Å². The topological polar surface area (TPSA) is 94.0 Å². The van der Waals surface area contributed by atoms with E-state index >= 15 is 0 Å². The molecule has 1 rings (SSSR count). The molecule has 0 fully saturated rings. The lowest BCUT2D eigenvalue weighted by molar-refractivity contribution is -0.117. The quantitative estimate of drug-likeness (QED) is 0.605. The Bertz CT molecular complexity index is 283. The number of primary amides is 1. The van der Waals surface area contributed by atoms with Gasteiger partial charge in [-0.2, -0.15) is 0 Å².